The highest BCUT2D eigenvalue weighted by atomic mass is 35.5. The summed E-state index contributed by atoms with van der Waals surface area (Å²) in [4.78, 5) is 0. The van der Waals surface area contributed by atoms with Crippen LogP contribution < -0.4 is 5.73 Å². The molecule has 0 saturated heterocycles. The van der Waals surface area contributed by atoms with E-state index in [0.29, 0.717) is 0 Å². The molecule has 1 aromatic rings. The molecule has 0 spiro atoms. The summed E-state index contributed by atoms with van der Waals surface area (Å²) in [6.45, 7) is 0. The van der Waals surface area contributed by atoms with Gasteiger partial charge in [-0.1, -0.05) is 0 Å². The topological polar surface area (TPSA) is 46.2 Å². The lowest BCUT2D eigenvalue weighted by atomic mass is 10.3. The van der Waals surface area contributed by atoms with Crippen LogP contribution in [0.25, 0.3) is 0 Å². The molecular weight excluding hydrogens is 176 g/mol. The number of rotatable bonds is 0. The molecule has 1 rings (SSSR count). The van der Waals surface area contributed by atoms with Crippen LogP contribution in [0.3, 0.4) is 0 Å². The van der Waals surface area contributed by atoms with E-state index in [0.717, 1.165) is 12.1 Å². The average Bonchev–Trinajstić information content (AvgIpc) is 1.82. The van der Waals surface area contributed by atoms with Gasteiger partial charge < -0.3 is 10.8 Å². The first kappa shape index (κ1) is 9.97. The van der Waals surface area contributed by atoms with Gasteiger partial charge in [0.05, 0.1) is 0 Å². The van der Waals surface area contributed by atoms with Gasteiger partial charge in [0.1, 0.15) is 0 Å². The summed E-state index contributed by atoms with van der Waals surface area (Å²) in [6.07, 6.45) is 0. The minimum atomic E-state index is -1.04. The summed E-state index contributed by atoms with van der Waals surface area (Å²) in [7, 11) is 0. The van der Waals surface area contributed by atoms with Crippen molar-refractivity contribution in [3.63, 3.8) is 0 Å². The Balaban J connectivity index is 0.000001000. The highest BCUT2D eigenvalue weighted by molar-refractivity contribution is 5.85. The molecule has 0 unspecified atom stereocenters. The van der Waals surface area contributed by atoms with Crippen LogP contribution in [0.1, 0.15) is 0 Å². The van der Waals surface area contributed by atoms with Gasteiger partial charge >= 0.3 is 0 Å². The summed E-state index contributed by atoms with van der Waals surface area (Å²) in [5.74, 6) is -3.08. The van der Waals surface area contributed by atoms with Gasteiger partial charge in [0, 0.05) is 17.8 Å². The molecular formula is C6H6ClF2NO. The minimum Gasteiger partial charge on any atom is -0.503 e. The summed E-state index contributed by atoms with van der Waals surface area (Å²) in [6, 6.07) is 1.69. The predicted octanol–water partition coefficient (Wildman–Crippen LogP) is 1.67. The molecule has 0 bridgehead atoms. The fraction of sp³-hybridized carbons (Fsp3) is 0. The van der Waals surface area contributed by atoms with E-state index >= 15 is 0 Å². The van der Waals surface area contributed by atoms with Crippen molar-refractivity contribution in [2.45, 2.75) is 0 Å². The Morgan fingerprint density at radius 1 is 1.18 bits per heavy atom. The highest BCUT2D eigenvalue weighted by Crippen LogP contribution is 2.21. The maximum absolute atomic E-state index is 12.3. The van der Waals surface area contributed by atoms with E-state index in [2.05, 4.69) is 0 Å². The number of hydrogen-bond donors (Lipinski definition) is 2. The number of benzene rings is 1. The first-order valence-corrected chi connectivity index (χ1v) is 2.54. The van der Waals surface area contributed by atoms with E-state index in [1.165, 1.54) is 0 Å². The highest BCUT2D eigenvalue weighted by Gasteiger charge is 2.06. The molecule has 5 heteroatoms. The van der Waals surface area contributed by atoms with Gasteiger partial charge in [-0.05, 0) is 0 Å². The van der Waals surface area contributed by atoms with Gasteiger partial charge in [0.2, 0.25) is 0 Å². The molecule has 0 aromatic heterocycles. The Labute approximate surface area is 68.0 Å². The molecule has 0 aliphatic rings. The van der Waals surface area contributed by atoms with Crippen LogP contribution >= 0.6 is 12.4 Å². The SMILES string of the molecule is Cl.Nc1cc(F)c(O)c(F)c1. The second kappa shape index (κ2) is 3.39. The van der Waals surface area contributed by atoms with Crippen molar-refractivity contribution in [1.29, 1.82) is 0 Å². The van der Waals surface area contributed by atoms with Gasteiger partial charge in [-0.3, -0.25) is 0 Å². The van der Waals surface area contributed by atoms with Crippen LogP contribution in [0, 0.1) is 11.6 Å². The standard InChI is InChI=1S/C6H5F2NO.ClH/c7-4-1-3(9)2-5(8)6(4)10;/h1-2,10H,9H2;1H. The summed E-state index contributed by atoms with van der Waals surface area (Å²) < 4.78 is 24.5. The first-order valence-electron chi connectivity index (χ1n) is 2.54. The Kier molecular flexibility index (Phi) is 3.07. The molecule has 0 radical (unpaired) electrons. The zero-order valence-corrected chi connectivity index (χ0v) is 6.16. The Morgan fingerprint density at radius 2 is 1.55 bits per heavy atom. The molecule has 3 N–H and O–H groups in total. The van der Waals surface area contributed by atoms with E-state index in [1.54, 1.807) is 0 Å². The van der Waals surface area contributed by atoms with Crippen LogP contribution in [-0.2, 0) is 0 Å². The van der Waals surface area contributed by atoms with E-state index in [9.17, 15) is 8.78 Å². The van der Waals surface area contributed by atoms with Crippen molar-refractivity contribution < 1.29 is 13.9 Å². The lowest BCUT2D eigenvalue weighted by Crippen LogP contribution is -1.89. The number of aromatic hydroxyl groups is 1. The molecule has 0 aliphatic heterocycles. The summed E-state index contributed by atoms with van der Waals surface area (Å²) in [5.41, 5.74) is 4.99. The molecule has 0 aliphatic carbocycles. The van der Waals surface area contributed by atoms with Crippen molar-refractivity contribution in [3.8, 4) is 5.75 Å². The van der Waals surface area contributed by atoms with Gasteiger partial charge in [-0.25, -0.2) is 8.78 Å². The molecule has 0 saturated carbocycles. The lowest BCUT2D eigenvalue weighted by Gasteiger charge is -1.97. The van der Waals surface area contributed by atoms with Crippen LogP contribution in [0.4, 0.5) is 14.5 Å². The Hall–Kier alpha value is -1.03. The number of anilines is 1. The molecule has 2 nitrogen and oxygen atoms in total. The fourth-order valence-corrected chi connectivity index (χ4v) is 0.585. The fourth-order valence-electron chi connectivity index (χ4n) is 0.585. The van der Waals surface area contributed by atoms with Crippen LogP contribution in [-0.4, -0.2) is 5.11 Å². The number of nitrogen functional groups attached to an aromatic ring is 1. The smallest absolute Gasteiger partial charge is 0.187 e. The summed E-state index contributed by atoms with van der Waals surface area (Å²) >= 11 is 0. The van der Waals surface area contributed by atoms with Gasteiger partial charge in [-0.15, -0.1) is 12.4 Å². The van der Waals surface area contributed by atoms with Crippen molar-refractivity contribution in [1.82, 2.24) is 0 Å². The second-order valence-electron chi connectivity index (χ2n) is 1.83. The van der Waals surface area contributed by atoms with Crippen LogP contribution in [0.2, 0.25) is 0 Å². The van der Waals surface area contributed by atoms with Crippen LogP contribution in [0.15, 0.2) is 12.1 Å². The van der Waals surface area contributed by atoms with E-state index in [4.69, 9.17) is 10.8 Å². The van der Waals surface area contributed by atoms with Gasteiger partial charge in [0.15, 0.2) is 17.4 Å². The van der Waals surface area contributed by atoms with E-state index < -0.39 is 17.4 Å². The zero-order valence-electron chi connectivity index (χ0n) is 5.34. The van der Waals surface area contributed by atoms with E-state index in [-0.39, 0.29) is 18.1 Å². The predicted molar refractivity (Wildman–Crippen MR) is 39.7 cm³/mol. The third-order valence-corrected chi connectivity index (χ3v) is 1.04. The summed E-state index contributed by atoms with van der Waals surface area (Å²) in [5, 5.41) is 8.53. The number of nitrogens with two attached hydrogens (primary N) is 1. The second-order valence-corrected chi connectivity index (χ2v) is 1.83. The Morgan fingerprint density at radius 3 is 1.91 bits per heavy atom. The monoisotopic (exact) mass is 181 g/mol. The van der Waals surface area contributed by atoms with Crippen molar-refractivity contribution in [2.75, 3.05) is 5.73 Å². The van der Waals surface area contributed by atoms with Crippen molar-refractivity contribution in [2.24, 2.45) is 0 Å². The Bertz CT molecular complexity index is 244. The maximum atomic E-state index is 12.3. The first-order chi connectivity index (χ1) is 4.61. The lowest BCUT2D eigenvalue weighted by molar-refractivity contribution is 0.397. The van der Waals surface area contributed by atoms with Crippen molar-refractivity contribution >= 4 is 18.1 Å². The van der Waals surface area contributed by atoms with E-state index in [1.807, 2.05) is 0 Å². The number of hydrogen-bond acceptors (Lipinski definition) is 2. The molecule has 0 atom stereocenters. The normalized spacial score (nSPS) is 8.91. The molecule has 11 heavy (non-hydrogen) atoms. The maximum Gasteiger partial charge on any atom is 0.187 e. The number of halogens is 3. The minimum absolute atomic E-state index is 0. The van der Waals surface area contributed by atoms with Crippen molar-refractivity contribution in [3.05, 3.63) is 23.8 Å². The number of phenols is 1. The average molecular weight is 182 g/mol. The third-order valence-electron chi connectivity index (χ3n) is 1.04. The number of phenolic OH excluding ortho intramolecular Hbond substituents is 1. The zero-order chi connectivity index (χ0) is 7.72. The molecule has 0 amide bonds. The molecule has 62 valence electrons. The third kappa shape index (κ3) is 1.94. The quantitative estimate of drug-likeness (QED) is 0.473. The van der Waals surface area contributed by atoms with Crippen LogP contribution in [0.5, 0.6) is 5.75 Å². The van der Waals surface area contributed by atoms with Gasteiger partial charge in [-0.2, -0.15) is 0 Å². The van der Waals surface area contributed by atoms with Gasteiger partial charge in [0.25, 0.3) is 0 Å². The molecule has 0 fully saturated rings. The molecule has 0 heterocycles. The largest absolute Gasteiger partial charge is 0.503 e. The molecule has 1 aromatic carbocycles.